The fourth-order valence-corrected chi connectivity index (χ4v) is 2.54. The van der Waals surface area contributed by atoms with Gasteiger partial charge in [0, 0.05) is 6.04 Å². The molecule has 5 nitrogen and oxygen atoms in total. The molecule has 0 saturated heterocycles. The Bertz CT molecular complexity index is 414. The number of aliphatic hydroxyl groups is 1. The number of amides is 1. The summed E-state index contributed by atoms with van der Waals surface area (Å²) in [5.41, 5.74) is 6.44. The van der Waals surface area contributed by atoms with Crippen molar-refractivity contribution in [3.63, 3.8) is 0 Å². The van der Waals surface area contributed by atoms with E-state index in [0.29, 0.717) is 0 Å². The van der Waals surface area contributed by atoms with Gasteiger partial charge in [-0.25, -0.2) is 4.79 Å². The largest absolute Gasteiger partial charge is 0.445 e. The topological polar surface area (TPSA) is 84.6 Å². The van der Waals surface area contributed by atoms with Crippen LogP contribution in [-0.4, -0.2) is 23.5 Å². The van der Waals surface area contributed by atoms with E-state index in [1.165, 1.54) is 0 Å². The van der Waals surface area contributed by atoms with Crippen LogP contribution in [-0.2, 0) is 11.3 Å². The molecule has 4 N–H and O–H groups in total. The molecule has 0 aromatic heterocycles. The summed E-state index contributed by atoms with van der Waals surface area (Å²) in [7, 11) is 0. The quantitative estimate of drug-likeness (QED) is 0.733. The number of alkyl carbamates (subject to hydrolysis) is 1. The number of hydrogen-bond donors (Lipinski definition) is 3. The van der Waals surface area contributed by atoms with E-state index in [2.05, 4.69) is 5.32 Å². The summed E-state index contributed by atoms with van der Waals surface area (Å²) in [6.07, 6.45) is 2.20. The Morgan fingerprint density at radius 3 is 2.55 bits per heavy atom. The van der Waals surface area contributed by atoms with Gasteiger partial charge < -0.3 is 20.9 Å². The number of benzene rings is 1. The summed E-state index contributed by atoms with van der Waals surface area (Å²) in [5, 5.41) is 12.2. The Morgan fingerprint density at radius 2 is 1.95 bits per heavy atom. The number of rotatable bonds is 4. The van der Waals surface area contributed by atoms with Gasteiger partial charge in [-0.1, -0.05) is 30.3 Å². The number of nitrogens with two attached hydrogens (primary N) is 1. The minimum absolute atomic E-state index is 0.119. The SMILES string of the molecule is NC(O)[C@H]1CC[C@H](NC(=O)OCc2ccccc2)CC1. The van der Waals surface area contributed by atoms with Crippen LogP contribution in [0.3, 0.4) is 0 Å². The average Bonchev–Trinajstić information content (AvgIpc) is 2.47. The number of ether oxygens (including phenoxy) is 1. The fourth-order valence-electron chi connectivity index (χ4n) is 2.54. The van der Waals surface area contributed by atoms with Crippen molar-refractivity contribution < 1.29 is 14.6 Å². The van der Waals surface area contributed by atoms with Gasteiger partial charge in [0.15, 0.2) is 0 Å². The zero-order valence-electron chi connectivity index (χ0n) is 11.5. The molecule has 0 radical (unpaired) electrons. The Kier molecular flexibility index (Phi) is 5.38. The van der Waals surface area contributed by atoms with Gasteiger partial charge in [-0.05, 0) is 37.2 Å². The molecule has 0 aliphatic heterocycles. The highest BCUT2D eigenvalue weighted by molar-refractivity contribution is 5.67. The maximum atomic E-state index is 11.7. The van der Waals surface area contributed by atoms with Crippen LogP contribution in [0.1, 0.15) is 31.2 Å². The maximum absolute atomic E-state index is 11.7. The van der Waals surface area contributed by atoms with Crippen molar-refractivity contribution in [1.29, 1.82) is 0 Å². The summed E-state index contributed by atoms with van der Waals surface area (Å²) in [4.78, 5) is 11.7. The highest BCUT2D eigenvalue weighted by Crippen LogP contribution is 2.25. The van der Waals surface area contributed by atoms with E-state index < -0.39 is 6.23 Å². The molecule has 5 heteroatoms. The van der Waals surface area contributed by atoms with E-state index >= 15 is 0 Å². The summed E-state index contributed by atoms with van der Waals surface area (Å²) < 4.78 is 5.18. The molecule has 1 atom stereocenters. The molecule has 1 saturated carbocycles. The first-order chi connectivity index (χ1) is 9.65. The van der Waals surface area contributed by atoms with Crippen LogP contribution in [0.4, 0.5) is 4.79 Å². The Balaban J connectivity index is 1.68. The minimum atomic E-state index is -0.749. The third-order valence-electron chi connectivity index (χ3n) is 3.79. The molecule has 1 unspecified atom stereocenters. The van der Waals surface area contributed by atoms with E-state index in [4.69, 9.17) is 10.5 Å². The lowest BCUT2D eigenvalue weighted by Crippen LogP contribution is -2.41. The molecule has 1 fully saturated rings. The third kappa shape index (κ3) is 4.51. The Labute approximate surface area is 119 Å². The smallest absolute Gasteiger partial charge is 0.407 e. The van der Waals surface area contributed by atoms with Crippen LogP contribution >= 0.6 is 0 Å². The third-order valence-corrected chi connectivity index (χ3v) is 3.79. The van der Waals surface area contributed by atoms with Crippen LogP contribution in [0.2, 0.25) is 0 Å². The van der Waals surface area contributed by atoms with Crippen molar-refractivity contribution in [3.05, 3.63) is 35.9 Å². The molecule has 110 valence electrons. The highest BCUT2D eigenvalue weighted by Gasteiger charge is 2.25. The van der Waals surface area contributed by atoms with Crippen molar-refractivity contribution in [1.82, 2.24) is 5.32 Å². The lowest BCUT2D eigenvalue weighted by atomic mass is 9.85. The Hall–Kier alpha value is -1.59. The van der Waals surface area contributed by atoms with E-state index in [1.807, 2.05) is 30.3 Å². The minimum Gasteiger partial charge on any atom is -0.445 e. The maximum Gasteiger partial charge on any atom is 0.407 e. The van der Waals surface area contributed by atoms with Crippen molar-refractivity contribution >= 4 is 6.09 Å². The number of carbonyl (C=O) groups is 1. The first-order valence-corrected chi connectivity index (χ1v) is 7.06. The van der Waals surface area contributed by atoms with E-state index in [9.17, 15) is 9.90 Å². The zero-order chi connectivity index (χ0) is 14.4. The van der Waals surface area contributed by atoms with E-state index in [0.717, 1.165) is 31.2 Å². The van der Waals surface area contributed by atoms with Gasteiger partial charge in [0.1, 0.15) is 12.8 Å². The van der Waals surface area contributed by atoms with Crippen LogP contribution in [0.25, 0.3) is 0 Å². The van der Waals surface area contributed by atoms with Gasteiger partial charge in [-0.15, -0.1) is 0 Å². The molecule has 0 bridgehead atoms. The van der Waals surface area contributed by atoms with Crippen LogP contribution < -0.4 is 11.1 Å². The molecule has 1 aliphatic rings. The molecular formula is C15H22N2O3. The zero-order valence-corrected chi connectivity index (χ0v) is 11.5. The number of aliphatic hydroxyl groups excluding tert-OH is 1. The molecule has 1 amide bonds. The van der Waals surface area contributed by atoms with Gasteiger partial charge in [0.25, 0.3) is 0 Å². The highest BCUT2D eigenvalue weighted by atomic mass is 16.5. The first kappa shape index (κ1) is 14.8. The van der Waals surface area contributed by atoms with Gasteiger partial charge in [-0.3, -0.25) is 0 Å². The fraction of sp³-hybridized carbons (Fsp3) is 0.533. The van der Waals surface area contributed by atoms with E-state index in [1.54, 1.807) is 0 Å². The number of nitrogens with one attached hydrogen (secondary N) is 1. The molecular weight excluding hydrogens is 256 g/mol. The van der Waals surface area contributed by atoms with Crippen molar-refractivity contribution in [2.24, 2.45) is 11.7 Å². The van der Waals surface area contributed by atoms with E-state index in [-0.39, 0.29) is 24.7 Å². The Morgan fingerprint density at radius 1 is 1.30 bits per heavy atom. The molecule has 20 heavy (non-hydrogen) atoms. The average molecular weight is 278 g/mol. The van der Waals surface area contributed by atoms with Crippen LogP contribution in [0.15, 0.2) is 30.3 Å². The lowest BCUT2D eigenvalue weighted by molar-refractivity contribution is 0.0811. The summed E-state index contributed by atoms with van der Waals surface area (Å²) in [6.45, 7) is 0.281. The first-order valence-electron chi connectivity index (χ1n) is 7.06. The lowest BCUT2D eigenvalue weighted by Gasteiger charge is -2.30. The molecule has 1 aromatic carbocycles. The van der Waals surface area contributed by atoms with Crippen molar-refractivity contribution in [3.8, 4) is 0 Å². The normalized spacial score (nSPS) is 23.9. The monoisotopic (exact) mass is 278 g/mol. The second-order valence-electron chi connectivity index (χ2n) is 5.31. The number of hydrogen-bond acceptors (Lipinski definition) is 4. The summed E-state index contributed by atoms with van der Waals surface area (Å²) >= 11 is 0. The molecule has 1 aromatic rings. The molecule has 1 aliphatic carbocycles. The second kappa shape index (κ2) is 7.26. The van der Waals surface area contributed by atoms with Crippen molar-refractivity contribution in [2.75, 3.05) is 0 Å². The molecule has 0 heterocycles. The van der Waals surface area contributed by atoms with Crippen LogP contribution in [0.5, 0.6) is 0 Å². The summed E-state index contributed by atoms with van der Waals surface area (Å²) in [5.74, 6) is 0.147. The standard InChI is InChI=1S/C15H22N2O3/c16-14(18)12-6-8-13(9-7-12)17-15(19)20-10-11-4-2-1-3-5-11/h1-5,12-14,18H,6-10,16H2,(H,17,19)/t12-,13-,14?. The van der Waals surface area contributed by atoms with Gasteiger partial charge >= 0.3 is 6.09 Å². The predicted molar refractivity (Wildman–Crippen MR) is 75.7 cm³/mol. The van der Waals surface area contributed by atoms with Gasteiger partial charge in [0.2, 0.25) is 0 Å². The molecule has 0 spiro atoms. The number of carbonyl (C=O) groups excluding carboxylic acids is 1. The summed E-state index contributed by atoms with van der Waals surface area (Å²) in [6, 6.07) is 9.70. The van der Waals surface area contributed by atoms with Crippen LogP contribution in [0, 0.1) is 5.92 Å². The second-order valence-corrected chi connectivity index (χ2v) is 5.31. The van der Waals surface area contributed by atoms with Gasteiger partial charge in [0.05, 0.1) is 0 Å². The van der Waals surface area contributed by atoms with Gasteiger partial charge in [-0.2, -0.15) is 0 Å². The predicted octanol–water partition coefficient (Wildman–Crippen LogP) is 1.75. The van der Waals surface area contributed by atoms with Crippen molar-refractivity contribution in [2.45, 2.75) is 44.6 Å². The molecule has 2 rings (SSSR count).